The summed E-state index contributed by atoms with van der Waals surface area (Å²) in [7, 11) is 3.07. The van der Waals surface area contributed by atoms with Crippen molar-refractivity contribution in [1.29, 1.82) is 0 Å². The molecule has 0 aromatic carbocycles. The highest BCUT2D eigenvalue weighted by Crippen LogP contribution is 2.34. The van der Waals surface area contributed by atoms with Gasteiger partial charge in [0.2, 0.25) is 0 Å². The van der Waals surface area contributed by atoms with Crippen LogP contribution in [0.15, 0.2) is 46.6 Å². The second-order valence-corrected chi connectivity index (χ2v) is 10.3. The molecule has 1 aliphatic rings. The zero-order valence-corrected chi connectivity index (χ0v) is 21.2. The Bertz CT molecular complexity index is 594. The molecule has 0 aromatic heterocycles. The lowest BCUT2D eigenvalue weighted by Gasteiger charge is -2.27. The van der Waals surface area contributed by atoms with E-state index in [2.05, 4.69) is 68.2 Å². The van der Waals surface area contributed by atoms with Crippen LogP contribution in [0.2, 0.25) is 0 Å². The topological polar surface area (TPSA) is 20.2 Å². The second-order valence-electron chi connectivity index (χ2n) is 9.57. The highest BCUT2D eigenvalue weighted by atomic mass is 31.0. The fraction of sp³-hybridized carbons (Fsp3) is 0.704. The molecule has 1 aliphatic carbocycles. The molecular weight excluding hydrogens is 371 g/mol. The van der Waals surface area contributed by atoms with Crippen molar-refractivity contribution in [3.63, 3.8) is 0 Å². The molecule has 1 nitrogen and oxygen atoms in total. The minimum Gasteiger partial charge on any atom is -0.393 e. The number of hydrogen-bond acceptors (Lipinski definition) is 1. The van der Waals surface area contributed by atoms with Crippen LogP contribution in [0.5, 0.6) is 0 Å². The zero-order chi connectivity index (χ0) is 21.8. The number of hydrogen-bond donors (Lipinski definition) is 1. The lowest BCUT2D eigenvalue weighted by Crippen LogP contribution is -2.18. The summed E-state index contributed by atoms with van der Waals surface area (Å²) in [4.78, 5) is 0. The summed E-state index contributed by atoms with van der Waals surface area (Å²) in [6.45, 7) is 13.4. The van der Waals surface area contributed by atoms with Crippen molar-refractivity contribution in [3.8, 4) is 0 Å². The Balaban J connectivity index is 2.21. The molecule has 0 spiro atoms. The molecule has 2 heteroatoms. The lowest BCUT2D eigenvalue weighted by atomic mass is 9.85. The molecule has 1 rings (SSSR count). The Labute approximate surface area is 184 Å². The minimum absolute atomic E-state index is 0.185. The highest BCUT2D eigenvalue weighted by Gasteiger charge is 2.21. The van der Waals surface area contributed by atoms with Gasteiger partial charge in [-0.3, -0.25) is 0 Å². The third-order valence-electron chi connectivity index (χ3n) is 6.55. The molecule has 0 aromatic rings. The van der Waals surface area contributed by atoms with Crippen LogP contribution in [0.4, 0.5) is 0 Å². The fourth-order valence-electron chi connectivity index (χ4n) is 3.96. The van der Waals surface area contributed by atoms with Gasteiger partial charge in [0, 0.05) is 5.66 Å². The van der Waals surface area contributed by atoms with E-state index >= 15 is 0 Å². The number of aliphatic hydroxyl groups is 1. The molecule has 5 atom stereocenters. The normalized spacial score (nSPS) is 22.9. The van der Waals surface area contributed by atoms with Crippen LogP contribution in [0.25, 0.3) is 0 Å². The van der Waals surface area contributed by atoms with Gasteiger partial charge in [0.05, 0.1) is 6.10 Å². The first kappa shape index (κ1) is 26.4. The van der Waals surface area contributed by atoms with E-state index in [0.29, 0.717) is 11.6 Å². The van der Waals surface area contributed by atoms with Crippen molar-refractivity contribution in [2.24, 2.45) is 11.8 Å². The summed E-state index contributed by atoms with van der Waals surface area (Å²) in [5.41, 5.74) is 6.75. The monoisotopic (exact) mass is 418 g/mol. The predicted molar refractivity (Wildman–Crippen MR) is 134 cm³/mol. The van der Waals surface area contributed by atoms with Gasteiger partial charge < -0.3 is 5.11 Å². The van der Waals surface area contributed by atoms with E-state index in [9.17, 15) is 5.11 Å². The van der Waals surface area contributed by atoms with Gasteiger partial charge >= 0.3 is 0 Å². The van der Waals surface area contributed by atoms with E-state index < -0.39 is 0 Å². The largest absolute Gasteiger partial charge is 0.393 e. The van der Waals surface area contributed by atoms with Gasteiger partial charge in [-0.2, -0.15) is 0 Å². The van der Waals surface area contributed by atoms with Crippen LogP contribution in [-0.2, 0) is 0 Å². The summed E-state index contributed by atoms with van der Waals surface area (Å²) in [5.74, 6) is 1.47. The van der Waals surface area contributed by atoms with Crippen molar-refractivity contribution in [1.82, 2.24) is 0 Å². The SMILES string of the molecule is CC1=CC=C(CCC(C)CCC/C(C)=C/CC/C(C)=C/CCC(C)O)C(P)C1C. The molecule has 0 heterocycles. The Morgan fingerprint density at radius 3 is 2.38 bits per heavy atom. The van der Waals surface area contributed by atoms with E-state index in [1.807, 2.05) is 6.92 Å². The number of allylic oxidation sites excluding steroid dienone is 8. The molecule has 0 bridgehead atoms. The van der Waals surface area contributed by atoms with Gasteiger partial charge in [-0.1, -0.05) is 66.9 Å². The summed E-state index contributed by atoms with van der Waals surface area (Å²) >= 11 is 0. The van der Waals surface area contributed by atoms with Crippen molar-refractivity contribution in [2.45, 2.75) is 111 Å². The standard InChI is InChI=1S/C27H47OP/c1-20(10-7-11-21(2)14-9-15-24(5)28)12-8-13-22(3)16-18-26-19-17-23(4)25(6)27(26)29/h10,14,17,19,22,24-25,27-28H,7-9,11-13,15-16,18,29H2,1-6H3/b20-10+,21-14+. The molecular formula is C27H47OP. The molecule has 166 valence electrons. The molecule has 0 saturated heterocycles. The second kappa shape index (κ2) is 14.4. The smallest absolute Gasteiger partial charge is 0.0515 e. The Kier molecular flexibility index (Phi) is 13.1. The van der Waals surface area contributed by atoms with Gasteiger partial charge in [-0.05, 0) is 90.9 Å². The van der Waals surface area contributed by atoms with Crippen molar-refractivity contribution >= 4 is 9.24 Å². The molecule has 0 aliphatic heterocycles. The predicted octanol–water partition coefficient (Wildman–Crippen LogP) is 8.17. The quantitative estimate of drug-likeness (QED) is 0.236. The average molecular weight is 419 g/mol. The maximum atomic E-state index is 9.32. The van der Waals surface area contributed by atoms with Crippen molar-refractivity contribution in [2.75, 3.05) is 0 Å². The van der Waals surface area contributed by atoms with Crippen LogP contribution in [0.1, 0.15) is 99.3 Å². The van der Waals surface area contributed by atoms with Gasteiger partial charge in [0.1, 0.15) is 0 Å². The maximum Gasteiger partial charge on any atom is 0.0515 e. The van der Waals surface area contributed by atoms with Gasteiger partial charge in [-0.15, -0.1) is 9.24 Å². The molecule has 0 saturated carbocycles. The number of rotatable bonds is 13. The third kappa shape index (κ3) is 11.4. The molecule has 1 N–H and O–H groups in total. The van der Waals surface area contributed by atoms with Crippen LogP contribution in [-0.4, -0.2) is 16.9 Å². The van der Waals surface area contributed by atoms with Gasteiger partial charge in [0.15, 0.2) is 0 Å². The minimum atomic E-state index is -0.185. The lowest BCUT2D eigenvalue weighted by molar-refractivity contribution is 0.186. The number of aliphatic hydroxyl groups excluding tert-OH is 1. The van der Waals surface area contributed by atoms with E-state index in [1.54, 1.807) is 11.1 Å². The van der Waals surface area contributed by atoms with Crippen molar-refractivity contribution in [3.05, 3.63) is 46.6 Å². The van der Waals surface area contributed by atoms with Gasteiger partial charge in [0.25, 0.3) is 0 Å². The Hall–Kier alpha value is -0.650. The summed E-state index contributed by atoms with van der Waals surface area (Å²) in [6.07, 6.45) is 19.8. The van der Waals surface area contributed by atoms with Crippen LogP contribution < -0.4 is 0 Å². The van der Waals surface area contributed by atoms with Crippen LogP contribution in [0.3, 0.4) is 0 Å². The third-order valence-corrected chi connectivity index (χ3v) is 7.55. The summed E-state index contributed by atoms with van der Waals surface area (Å²) in [5, 5.41) is 9.32. The summed E-state index contributed by atoms with van der Waals surface area (Å²) < 4.78 is 0. The summed E-state index contributed by atoms with van der Waals surface area (Å²) in [6, 6.07) is 0. The first-order chi connectivity index (χ1) is 13.7. The van der Waals surface area contributed by atoms with E-state index in [0.717, 1.165) is 31.6 Å². The van der Waals surface area contributed by atoms with Crippen LogP contribution in [0, 0.1) is 11.8 Å². The Morgan fingerprint density at radius 2 is 1.69 bits per heavy atom. The highest BCUT2D eigenvalue weighted by molar-refractivity contribution is 7.18. The molecule has 29 heavy (non-hydrogen) atoms. The van der Waals surface area contributed by atoms with Crippen LogP contribution >= 0.6 is 9.24 Å². The van der Waals surface area contributed by atoms with E-state index in [1.165, 1.54) is 43.3 Å². The van der Waals surface area contributed by atoms with Gasteiger partial charge in [-0.25, -0.2) is 0 Å². The molecule has 5 unspecified atom stereocenters. The first-order valence-corrected chi connectivity index (χ1v) is 12.5. The first-order valence-electron chi connectivity index (χ1n) is 11.8. The van der Waals surface area contributed by atoms with Crippen molar-refractivity contribution < 1.29 is 5.11 Å². The molecule has 0 amide bonds. The van der Waals surface area contributed by atoms with E-state index in [-0.39, 0.29) is 6.10 Å². The Morgan fingerprint density at radius 1 is 1.03 bits per heavy atom. The molecule has 0 fully saturated rings. The maximum absolute atomic E-state index is 9.32. The molecule has 0 radical (unpaired) electrons. The zero-order valence-electron chi connectivity index (χ0n) is 20.0. The average Bonchev–Trinajstić information content (AvgIpc) is 2.65. The van der Waals surface area contributed by atoms with E-state index in [4.69, 9.17) is 0 Å². The fourth-order valence-corrected chi connectivity index (χ4v) is 4.55.